The van der Waals surface area contributed by atoms with Gasteiger partial charge in [0.15, 0.2) is 0 Å². The van der Waals surface area contributed by atoms with Gasteiger partial charge in [-0.15, -0.1) is 0 Å². The summed E-state index contributed by atoms with van der Waals surface area (Å²) in [6.07, 6.45) is -2.55. The van der Waals surface area contributed by atoms with Crippen molar-refractivity contribution in [2.75, 3.05) is 6.61 Å². The third kappa shape index (κ3) is 4.34. The molecule has 0 radical (unpaired) electrons. The Bertz CT molecular complexity index is 363. The molecule has 2 atom stereocenters. The molecule has 0 fully saturated rings. The van der Waals surface area contributed by atoms with Crippen molar-refractivity contribution in [1.82, 2.24) is 0 Å². The lowest BCUT2D eigenvalue weighted by atomic mass is 10.0. The largest absolute Gasteiger partial charge is 0.466 e. The van der Waals surface area contributed by atoms with Crippen LogP contribution in [-0.4, -0.2) is 28.9 Å². The van der Waals surface area contributed by atoms with E-state index in [1.807, 2.05) is 0 Å². The minimum absolute atomic E-state index is 0.238. The first-order valence-electron chi connectivity index (χ1n) is 5.31. The molecule has 2 N–H and O–H groups in total. The van der Waals surface area contributed by atoms with E-state index in [1.165, 1.54) is 0 Å². The lowest BCUT2D eigenvalue weighted by molar-refractivity contribution is -0.147. The molecule has 1 aromatic rings. The number of carbonyl (C=O) groups excluding carboxylic acids is 1. The fraction of sp³-hybridized carbons (Fsp3) is 0.417. The van der Waals surface area contributed by atoms with Crippen LogP contribution in [0.5, 0.6) is 0 Å². The summed E-state index contributed by atoms with van der Waals surface area (Å²) in [5.74, 6) is -0.534. The second-order valence-corrected chi connectivity index (χ2v) is 4.01. The maximum atomic E-state index is 11.1. The third-order valence-corrected chi connectivity index (χ3v) is 2.51. The first-order chi connectivity index (χ1) is 8.04. The van der Waals surface area contributed by atoms with Crippen molar-refractivity contribution in [2.24, 2.45) is 0 Å². The first kappa shape index (κ1) is 14.0. The van der Waals surface area contributed by atoms with Crippen LogP contribution >= 0.6 is 11.6 Å². The van der Waals surface area contributed by atoms with Gasteiger partial charge in [-0.3, -0.25) is 4.79 Å². The fourth-order valence-electron chi connectivity index (χ4n) is 1.38. The Morgan fingerprint density at radius 3 is 2.47 bits per heavy atom. The molecule has 1 rings (SSSR count). The quantitative estimate of drug-likeness (QED) is 0.789. The predicted molar refractivity (Wildman–Crippen MR) is 63.7 cm³/mol. The van der Waals surface area contributed by atoms with Crippen LogP contribution in [0.3, 0.4) is 0 Å². The fourth-order valence-corrected chi connectivity index (χ4v) is 1.51. The monoisotopic (exact) mass is 258 g/mol. The van der Waals surface area contributed by atoms with Crippen molar-refractivity contribution in [2.45, 2.75) is 25.6 Å². The van der Waals surface area contributed by atoms with E-state index in [0.717, 1.165) is 0 Å². The van der Waals surface area contributed by atoms with Crippen LogP contribution in [0.2, 0.25) is 5.02 Å². The number of halogens is 1. The van der Waals surface area contributed by atoms with E-state index in [9.17, 15) is 15.0 Å². The van der Waals surface area contributed by atoms with Crippen molar-refractivity contribution in [3.8, 4) is 0 Å². The average Bonchev–Trinajstić information content (AvgIpc) is 2.29. The molecule has 0 saturated carbocycles. The van der Waals surface area contributed by atoms with Crippen molar-refractivity contribution in [1.29, 1.82) is 0 Å². The van der Waals surface area contributed by atoms with Gasteiger partial charge in [0, 0.05) is 5.02 Å². The standard InChI is InChI=1S/C12H15ClO4/c1-2-17-11(15)7-10(14)12(16)8-3-5-9(13)6-4-8/h3-6,10,12,14,16H,2,7H2,1H3. The van der Waals surface area contributed by atoms with Crippen LogP contribution in [-0.2, 0) is 9.53 Å². The third-order valence-electron chi connectivity index (χ3n) is 2.26. The number of hydrogen-bond donors (Lipinski definition) is 2. The molecule has 2 unspecified atom stereocenters. The van der Waals surface area contributed by atoms with Gasteiger partial charge in [-0.2, -0.15) is 0 Å². The first-order valence-corrected chi connectivity index (χ1v) is 5.69. The number of benzene rings is 1. The number of carbonyl (C=O) groups is 1. The predicted octanol–water partition coefficient (Wildman–Crippen LogP) is 1.69. The maximum absolute atomic E-state index is 11.1. The topological polar surface area (TPSA) is 66.8 Å². The number of aliphatic hydroxyl groups excluding tert-OH is 2. The normalized spacial score (nSPS) is 14.1. The lowest BCUT2D eigenvalue weighted by Gasteiger charge is -2.17. The molecule has 0 amide bonds. The molecule has 0 spiro atoms. The van der Waals surface area contributed by atoms with Crippen LogP contribution in [0.4, 0.5) is 0 Å². The molecule has 0 aliphatic rings. The van der Waals surface area contributed by atoms with Gasteiger partial charge < -0.3 is 14.9 Å². The van der Waals surface area contributed by atoms with Gasteiger partial charge in [-0.05, 0) is 24.6 Å². The molecule has 17 heavy (non-hydrogen) atoms. The Balaban J connectivity index is 2.60. The van der Waals surface area contributed by atoms with E-state index < -0.39 is 18.2 Å². The molecular formula is C12H15ClO4. The Labute approximate surface area is 105 Å². The van der Waals surface area contributed by atoms with Crippen molar-refractivity contribution >= 4 is 17.6 Å². The minimum atomic E-state index is -1.18. The van der Waals surface area contributed by atoms with Crippen LogP contribution in [0, 0.1) is 0 Å². The van der Waals surface area contributed by atoms with Crippen molar-refractivity contribution < 1.29 is 19.7 Å². The van der Waals surface area contributed by atoms with Gasteiger partial charge in [-0.25, -0.2) is 0 Å². The molecular weight excluding hydrogens is 244 g/mol. The number of rotatable bonds is 5. The molecule has 0 aliphatic heterocycles. The Hall–Kier alpha value is -1.10. The van der Waals surface area contributed by atoms with E-state index in [1.54, 1.807) is 31.2 Å². The lowest BCUT2D eigenvalue weighted by Crippen LogP contribution is -2.23. The molecule has 1 aromatic carbocycles. The summed E-state index contributed by atoms with van der Waals surface area (Å²) in [5, 5.41) is 20.0. The van der Waals surface area contributed by atoms with E-state index in [0.29, 0.717) is 10.6 Å². The van der Waals surface area contributed by atoms with E-state index in [4.69, 9.17) is 11.6 Å². The second-order valence-electron chi connectivity index (χ2n) is 3.57. The molecule has 94 valence electrons. The summed E-state index contributed by atoms with van der Waals surface area (Å²) in [4.78, 5) is 11.1. The highest BCUT2D eigenvalue weighted by Crippen LogP contribution is 2.21. The molecule has 5 heteroatoms. The second kappa shape index (κ2) is 6.59. The Kier molecular flexibility index (Phi) is 5.41. The van der Waals surface area contributed by atoms with Gasteiger partial charge >= 0.3 is 5.97 Å². The number of esters is 1. The molecule has 0 aliphatic carbocycles. The summed E-state index contributed by atoms with van der Waals surface area (Å²) in [7, 11) is 0. The van der Waals surface area contributed by atoms with Gasteiger partial charge in [0.2, 0.25) is 0 Å². The molecule has 0 saturated heterocycles. The zero-order valence-corrected chi connectivity index (χ0v) is 10.2. The summed E-state index contributed by atoms with van der Waals surface area (Å²) >= 11 is 5.70. The highest BCUT2D eigenvalue weighted by molar-refractivity contribution is 6.30. The highest BCUT2D eigenvalue weighted by atomic mass is 35.5. The van der Waals surface area contributed by atoms with E-state index in [-0.39, 0.29) is 13.0 Å². The molecule has 0 heterocycles. The molecule has 0 aromatic heterocycles. The number of hydrogen-bond acceptors (Lipinski definition) is 4. The van der Waals surface area contributed by atoms with Gasteiger partial charge in [-0.1, -0.05) is 23.7 Å². The van der Waals surface area contributed by atoms with Gasteiger partial charge in [0.1, 0.15) is 6.10 Å². The Morgan fingerprint density at radius 1 is 1.35 bits per heavy atom. The highest BCUT2D eigenvalue weighted by Gasteiger charge is 2.21. The van der Waals surface area contributed by atoms with Crippen LogP contribution < -0.4 is 0 Å². The van der Waals surface area contributed by atoms with Crippen LogP contribution in [0.1, 0.15) is 25.0 Å². The van der Waals surface area contributed by atoms with Gasteiger partial charge in [0.05, 0.1) is 19.1 Å². The van der Waals surface area contributed by atoms with E-state index >= 15 is 0 Å². The van der Waals surface area contributed by atoms with Crippen molar-refractivity contribution in [3.05, 3.63) is 34.9 Å². The maximum Gasteiger partial charge on any atom is 0.308 e. The molecule has 0 bridgehead atoms. The summed E-state index contributed by atoms with van der Waals surface area (Å²) in [6.45, 7) is 1.93. The summed E-state index contributed by atoms with van der Waals surface area (Å²) in [5.41, 5.74) is 0.506. The van der Waals surface area contributed by atoms with E-state index in [2.05, 4.69) is 4.74 Å². The SMILES string of the molecule is CCOC(=O)CC(O)C(O)c1ccc(Cl)cc1. The Morgan fingerprint density at radius 2 is 1.94 bits per heavy atom. The zero-order valence-electron chi connectivity index (χ0n) is 9.47. The minimum Gasteiger partial charge on any atom is -0.466 e. The molecule has 4 nitrogen and oxygen atoms in total. The summed E-state index contributed by atoms with van der Waals surface area (Å²) < 4.78 is 4.69. The average molecular weight is 259 g/mol. The van der Waals surface area contributed by atoms with Crippen LogP contribution in [0.15, 0.2) is 24.3 Å². The zero-order chi connectivity index (χ0) is 12.8. The van der Waals surface area contributed by atoms with Gasteiger partial charge in [0.25, 0.3) is 0 Å². The number of ether oxygens (including phenoxy) is 1. The number of aliphatic hydroxyl groups is 2. The van der Waals surface area contributed by atoms with Crippen molar-refractivity contribution in [3.63, 3.8) is 0 Å². The van der Waals surface area contributed by atoms with Crippen LogP contribution in [0.25, 0.3) is 0 Å². The smallest absolute Gasteiger partial charge is 0.308 e. The summed E-state index contributed by atoms with van der Waals surface area (Å²) in [6, 6.07) is 6.41.